The summed E-state index contributed by atoms with van der Waals surface area (Å²) in [5.74, 6) is -0.737. The molecule has 0 atom stereocenters. The maximum absolute atomic E-state index is 13.5. The molecule has 1 saturated heterocycles. The number of hydrogen-bond acceptors (Lipinski definition) is 2. The monoisotopic (exact) mass is 326 g/mol. The third-order valence-corrected chi connectivity index (χ3v) is 4.15. The SMILES string of the molecule is Cc1ccc(N(CN2CCCC2=O)C(=O)c2cccc(F)c2)cc1. The lowest BCUT2D eigenvalue weighted by molar-refractivity contribution is -0.127. The van der Waals surface area contributed by atoms with E-state index in [1.54, 1.807) is 11.0 Å². The number of halogens is 1. The first-order chi connectivity index (χ1) is 11.5. The minimum absolute atomic E-state index is 0.0409. The molecule has 2 aromatic carbocycles. The van der Waals surface area contributed by atoms with Crippen LogP contribution in [0.3, 0.4) is 0 Å². The van der Waals surface area contributed by atoms with Gasteiger partial charge in [0.2, 0.25) is 5.91 Å². The molecule has 0 saturated carbocycles. The second kappa shape index (κ2) is 6.83. The van der Waals surface area contributed by atoms with E-state index in [1.807, 2.05) is 31.2 Å². The second-order valence-electron chi connectivity index (χ2n) is 5.98. The number of benzene rings is 2. The summed E-state index contributed by atoms with van der Waals surface area (Å²) < 4.78 is 13.5. The molecule has 1 aliphatic rings. The molecular weight excluding hydrogens is 307 g/mol. The number of anilines is 1. The van der Waals surface area contributed by atoms with Crippen molar-refractivity contribution in [3.8, 4) is 0 Å². The minimum Gasteiger partial charge on any atom is -0.324 e. The molecule has 2 amide bonds. The molecule has 2 aromatic rings. The fourth-order valence-corrected chi connectivity index (χ4v) is 2.79. The molecule has 0 N–H and O–H groups in total. The van der Waals surface area contributed by atoms with Crippen molar-refractivity contribution in [3.05, 3.63) is 65.5 Å². The summed E-state index contributed by atoms with van der Waals surface area (Å²) in [6, 6.07) is 13.1. The topological polar surface area (TPSA) is 40.6 Å². The average Bonchev–Trinajstić information content (AvgIpc) is 2.98. The van der Waals surface area contributed by atoms with Crippen LogP contribution in [0.25, 0.3) is 0 Å². The Morgan fingerprint density at radius 2 is 1.96 bits per heavy atom. The summed E-state index contributed by atoms with van der Waals surface area (Å²) in [5.41, 5.74) is 2.03. The minimum atomic E-state index is -0.457. The van der Waals surface area contributed by atoms with Crippen LogP contribution in [0.1, 0.15) is 28.8 Å². The van der Waals surface area contributed by atoms with E-state index in [0.717, 1.165) is 12.0 Å². The number of nitrogens with zero attached hydrogens (tertiary/aromatic N) is 2. The van der Waals surface area contributed by atoms with Crippen molar-refractivity contribution < 1.29 is 14.0 Å². The molecule has 3 rings (SSSR count). The molecule has 0 bridgehead atoms. The fraction of sp³-hybridized carbons (Fsp3) is 0.263. The largest absolute Gasteiger partial charge is 0.324 e. The molecule has 0 aromatic heterocycles. The number of amides is 2. The molecular formula is C19H19FN2O2. The van der Waals surface area contributed by atoms with Gasteiger partial charge in [-0.15, -0.1) is 0 Å². The molecule has 0 radical (unpaired) electrons. The van der Waals surface area contributed by atoms with Crippen LogP contribution in [0.4, 0.5) is 10.1 Å². The molecule has 1 fully saturated rings. The highest BCUT2D eigenvalue weighted by Crippen LogP contribution is 2.21. The summed E-state index contributed by atoms with van der Waals surface area (Å²) in [6.45, 7) is 2.78. The Morgan fingerprint density at radius 1 is 1.21 bits per heavy atom. The molecule has 5 heteroatoms. The molecule has 0 aliphatic carbocycles. The van der Waals surface area contributed by atoms with E-state index in [9.17, 15) is 14.0 Å². The van der Waals surface area contributed by atoms with E-state index in [2.05, 4.69) is 0 Å². The van der Waals surface area contributed by atoms with Gasteiger partial charge in [-0.3, -0.25) is 14.5 Å². The van der Waals surface area contributed by atoms with Crippen molar-refractivity contribution in [1.29, 1.82) is 0 Å². The molecule has 124 valence electrons. The van der Waals surface area contributed by atoms with Gasteiger partial charge in [-0.1, -0.05) is 23.8 Å². The zero-order chi connectivity index (χ0) is 17.1. The van der Waals surface area contributed by atoms with E-state index in [4.69, 9.17) is 0 Å². The zero-order valence-corrected chi connectivity index (χ0v) is 13.5. The maximum Gasteiger partial charge on any atom is 0.259 e. The first-order valence-electron chi connectivity index (χ1n) is 7.96. The average molecular weight is 326 g/mol. The zero-order valence-electron chi connectivity index (χ0n) is 13.5. The number of carbonyl (C=O) groups excluding carboxylic acids is 2. The van der Waals surface area contributed by atoms with Crippen LogP contribution in [0, 0.1) is 12.7 Å². The summed E-state index contributed by atoms with van der Waals surface area (Å²) in [4.78, 5) is 28.0. The highest BCUT2D eigenvalue weighted by atomic mass is 19.1. The van der Waals surface area contributed by atoms with Gasteiger partial charge < -0.3 is 4.90 Å². The van der Waals surface area contributed by atoms with Gasteiger partial charge in [0.1, 0.15) is 12.5 Å². The van der Waals surface area contributed by atoms with Gasteiger partial charge in [0, 0.05) is 24.2 Å². The van der Waals surface area contributed by atoms with Crippen molar-refractivity contribution in [1.82, 2.24) is 4.90 Å². The van der Waals surface area contributed by atoms with Gasteiger partial charge in [0.25, 0.3) is 5.91 Å². The lowest BCUT2D eigenvalue weighted by atomic mass is 10.1. The fourth-order valence-electron chi connectivity index (χ4n) is 2.79. The van der Waals surface area contributed by atoms with Crippen molar-refractivity contribution in [3.63, 3.8) is 0 Å². The Kier molecular flexibility index (Phi) is 4.60. The van der Waals surface area contributed by atoms with Gasteiger partial charge >= 0.3 is 0 Å². The van der Waals surface area contributed by atoms with E-state index in [0.29, 0.717) is 18.7 Å². The van der Waals surface area contributed by atoms with Crippen LogP contribution in [-0.4, -0.2) is 29.9 Å². The van der Waals surface area contributed by atoms with Crippen molar-refractivity contribution >= 4 is 17.5 Å². The van der Waals surface area contributed by atoms with Gasteiger partial charge in [-0.2, -0.15) is 0 Å². The molecule has 24 heavy (non-hydrogen) atoms. The lowest BCUT2D eigenvalue weighted by Crippen LogP contribution is -2.42. The number of rotatable bonds is 4. The first kappa shape index (κ1) is 16.2. The Hall–Kier alpha value is -2.69. The standard InChI is InChI=1S/C19H19FN2O2/c1-14-7-9-17(10-8-14)22(13-21-11-3-6-18(21)23)19(24)15-4-2-5-16(20)12-15/h2,4-5,7-10,12H,3,6,11,13H2,1H3. The highest BCUT2D eigenvalue weighted by molar-refractivity contribution is 6.06. The van der Waals surface area contributed by atoms with Crippen LogP contribution in [-0.2, 0) is 4.79 Å². The van der Waals surface area contributed by atoms with E-state index < -0.39 is 5.82 Å². The Morgan fingerprint density at radius 3 is 2.58 bits per heavy atom. The van der Waals surface area contributed by atoms with Gasteiger partial charge in [0.05, 0.1) is 0 Å². The van der Waals surface area contributed by atoms with E-state index >= 15 is 0 Å². The predicted octanol–water partition coefficient (Wildman–Crippen LogP) is 3.36. The predicted molar refractivity (Wildman–Crippen MR) is 90.2 cm³/mol. The highest BCUT2D eigenvalue weighted by Gasteiger charge is 2.26. The van der Waals surface area contributed by atoms with Crippen molar-refractivity contribution in [2.24, 2.45) is 0 Å². The number of aryl methyl sites for hydroxylation is 1. The molecule has 0 unspecified atom stereocenters. The molecule has 1 aliphatic heterocycles. The van der Waals surface area contributed by atoms with Gasteiger partial charge in [-0.25, -0.2) is 4.39 Å². The third-order valence-electron chi connectivity index (χ3n) is 4.15. The molecule has 1 heterocycles. The Bertz CT molecular complexity index is 758. The quantitative estimate of drug-likeness (QED) is 0.864. The van der Waals surface area contributed by atoms with Crippen LogP contribution >= 0.6 is 0 Å². The van der Waals surface area contributed by atoms with Gasteiger partial charge in [-0.05, 0) is 43.7 Å². The van der Waals surface area contributed by atoms with Crippen molar-refractivity contribution in [2.75, 3.05) is 18.1 Å². The summed E-state index contributed by atoms with van der Waals surface area (Å²) in [6.07, 6.45) is 1.31. The van der Waals surface area contributed by atoms with Crippen molar-refractivity contribution in [2.45, 2.75) is 19.8 Å². The van der Waals surface area contributed by atoms with Crippen LogP contribution in [0.5, 0.6) is 0 Å². The van der Waals surface area contributed by atoms with Crippen LogP contribution in [0.15, 0.2) is 48.5 Å². The second-order valence-corrected chi connectivity index (χ2v) is 5.98. The van der Waals surface area contributed by atoms with Gasteiger partial charge in [0.15, 0.2) is 0 Å². The first-order valence-corrected chi connectivity index (χ1v) is 7.96. The van der Waals surface area contributed by atoms with Crippen LogP contribution in [0.2, 0.25) is 0 Å². The molecule has 0 spiro atoms. The molecule has 4 nitrogen and oxygen atoms in total. The summed E-state index contributed by atoms with van der Waals surface area (Å²) in [7, 11) is 0. The number of carbonyl (C=O) groups is 2. The maximum atomic E-state index is 13.5. The normalized spacial score (nSPS) is 14.1. The van der Waals surface area contributed by atoms with E-state index in [-0.39, 0.29) is 24.0 Å². The third kappa shape index (κ3) is 3.45. The Balaban J connectivity index is 1.92. The summed E-state index contributed by atoms with van der Waals surface area (Å²) >= 11 is 0. The van der Waals surface area contributed by atoms with Crippen LogP contribution < -0.4 is 4.90 Å². The number of likely N-dealkylation sites (tertiary alicyclic amines) is 1. The Labute approximate surface area is 140 Å². The smallest absolute Gasteiger partial charge is 0.259 e. The summed E-state index contributed by atoms with van der Waals surface area (Å²) in [5, 5.41) is 0. The number of hydrogen-bond donors (Lipinski definition) is 0. The van der Waals surface area contributed by atoms with E-state index in [1.165, 1.54) is 23.1 Å². The lowest BCUT2D eigenvalue weighted by Gasteiger charge is -2.28.